The Morgan fingerprint density at radius 3 is 2.77 bits per heavy atom. The number of morpholine rings is 1. The summed E-state index contributed by atoms with van der Waals surface area (Å²) >= 11 is 0. The Kier molecular flexibility index (Phi) is 6.30. The maximum atomic E-state index is 13.0. The molecular formula is C18H24FN5O2. The van der Waals surface area contributed by atoms with Crippen molar-refractivity contribution in [1.29, 1.82) is 0 Å². The van der Waals surface area contributed by atoms with Crippen LogP contribution in [0.1, 0.15) is 35.4 Å². The zero-order valence-corrected chi connectivity index (χ0v) is 14.9. The molecule has 0 bridgehead atoms. The van der Waals surface area contributed by atoms with Crippen LogP contribution >= 0.6 is 0 Å². The van der Waals surface area contributed by atoms with Gasteiger partial charge < -0.3 is 10.1 Å². The van der Waals surface area contributed by atoms with Crippen molar-refractivity contribution in [2.45, 2.75) is 19.4 Å². The van der Waals surface area contributed by atoms with E-state index < -0.39 is 0 Å². The molecule has 1 aromatic carbocycles. The normalized spacial score (nSPS) is 16.4. The third-order valence-corrected chi connectivity index (χ3v) is 4.53. The van der Waals surface area contributed by atoms with E-state index in [2.05, 4.69) is 20.5 Å². The molecule has 0 saturated carbocycles. The van der Waals surface area contributed by atoms with Crippen molar-refractivity contribution in [2.24, 2.45) is 0 Å². The van der Waals surface area contributed by atoms with Crippen LogP contribution in [0, 0.1) is 5.82 Å². The number of nitrogens with zero attached hydrogens (tertiary/aromatic N) is 4. The Hall–Kier alpha value is -2.32. The van der Waals surface area contributed by atoms with E-state index in [1.165, 1.54) is 12.1 Å². The molecule has 1 amide bonds. The molecule has 140 valence electrons. The summed E-state index contributed by atoms with van der Waals surface area (Å²) in [6, 6.07) is 6.08. The third-order valence-electron chi connectivity index (χ3n) is 4.53. The predicted octanol–water partition coefficient (Wildman–Crippen LogP) is 1.48. The number of rotatable bonds is 7. The van der Waals surface area contributed by atoms with Crippen molar-refractivity contribution >= 4 is 5.91 Å². The molecule has 26 heavy (non-hydrogen) atoms. The van der Waals surface area contributed by atoms with Crippen molar-refractivity contribution in [3.05, 3.63) is 47.5 Å². The topological polar surface area (TPSA) is 72.3 Å². The number of halogens is 1. The van der Waals surface area contributed by atoms with Gasteiger partial charge in [0.05, 0.1) is 25.5 Å². The van der Waals surface area contributed by atoms with Crippen LogP contribution in [0.3, 0.4) is 0 Å². The smallest absolute Gasteiger partial charge is 0.273 e. The first-order chi connectivity index (χ1) is 12.6. The maximum absolute atomic E-state index is 13.0. The van der Waals surface area contributed by atoms with Crippen LogP contribution in [0.2, 0.25) is 0 Å². The highest BCUT2D eigenvalue weighted by atomic mass is 19.1. The Labute approximate surface area is 152 Å². The molecule has 2 heterocycles. The van der Waals surface area contributed by atoms with Crippen LogP contribution < -0.4 is 5.32 Å². The highest BCUT2D eigenvalue weighted by molar-refractivity contribution is 5.91. The number of ether oxygens (including phenoxy) is 1. The van der Waals surface area contributed by atoms with Gasteiger partial charge in [0, 0.05) is 19.6 Å². The molecule has 1 aromatic heterocycles. The second-order valence-corrected chi connectivity index (χ2v) is 6.37. The molecule has 0 spiro atoms. The molecule has 1 aliphatic rings. The SMILES string of the molecule is C[C@H](c1ccc(F)cc1)n1cc(C(=O)NCCCN2CCOCC2)nn1. The molecule has 1 saturated heterocycles. The number of nitrogens with one attached hydrogen (secondary N) is 1. The average molecular weight is 361 g/mol. The number of hydrogen-bond acceptors (Lipinski definition) is 5. The summed E-state index contributed by atoms with van der Waals surface area (Å²) in [5, 5.41) is 10.9. The van der Waals surface area contributed by atoms with Gasteiger partial charge in [0.15, 0.2) is 5.69 Å². The summed E-state index contributed by atoms with van der Waals surface area (Å²) in [5.74, 6) is -0.513. The van der Waals surface area contributed by atoms with E-state index in [1.54, 1.807) is 23.0 Å². The molecule has 0 aliphatic carbocycles. The van der Waals surface area contributed by atoms with Gasteiger partial charge >= 0.3 is 0 Å². The molecule has 0 radical (unpaired) electrons. The van der Waals surface area contributed by atoms with E-state index in [9.17, 15) is 9.18 Å². The molecule has 3 rings (SSSR count). The molecule has 1 fully saturated rings. The number of amides is 1. The first-order valence-corrected chi connectivity index (χ1v) is 8.89. The predicted molar refractivity (Wildman–Crippen MR) is 94.4 cm³/mol. The van der Waals surface area contributed by atoms with Crippen LogP contribution in [0.4, 0.5) is 4.39 Å². The minimum atomic E-state index is -0.281. The molecule has 8 heteroatoms. The number of aromatic nitrogens is 3. The fourth-order valence-corrected chi connectivity index (χ4v) is 2.88. The van der Waals surface area contributed by atoms with E-state index in [4.69, 9.17) is 4.74 Å². The lowest BCUT2D eigenvalue weighted by molar-refractivity contribution is 0.0374. The van der Waals surface area contributed by atoms with Crippen molar-refractivity contribution in [3.8, 4) is 0 Å². The van der Waals surface area contributed by atoms with E-state index in [-0.39, 0.29) is 23.5 Å². The average Bonchev–Trinajstić information content (AvgIpc) is 3.16. The Bertz CT molecular complexity index is 713. The second-order valence-electron chi connectivity index (χ2n) is 6.37. The number of carbonyl (C=O) groups excluding carboxylic acids is 1. The van der Waals surface area contributed by atoms with Crippen LogP contribution in [-0.2, 0) is 4.74 Å². The molecule has 2 aromatic rings. The van der Waals surface area contributed by atoms with E-state index in [0.717, 1.165) is 44.8 Å². The van der Waals surface area contributed by atoms with E-state index in [0.29, 0.717) is 6.54 Å². The Morgan fingerprint density at radius 2 is 2.04 bits per heavy atom. The molecule has 0 unspecified atom stereocenters. The van der Waals surface area contributed by atoms with E-state index >= 15 is 0 Å². The standard InChI is InChI=1S/C18H24FN5O2/c1-14(15-3-5-16(19)6-4-15)24-13-17(21-22-24)18(25)20-7-2-8-23-9-11-26-12-10-23/h3-6,13-14H,2,7-12H2,1H3,(H,20,25)/t14-/m1/s1. The summed E-state index contributed by atoms with van der Waals surface area (Å²) in [6.07, 6.45) is 2.50. The lowest BCUT2D eigenvalue weighted by Crippen LogP contribution is -2.38. The van der Waals surface area contributed by atoms with Crippen molar-refractivity contribution in [3.63, 3.8) is 0 Å². The highest BCUT2D eigenvalue weighted by Gasteiger charge is 2.15. The van der Waals surface area contributed by atoms with E-state index in [1.807, 2.05) is 6.92 Å². The lowest BCUT2D eigenvalue weighted by atomic mass is 10.1. The van der Waals surface area contributed by atoms with Gasteiger partial charge in [0.1, 0.15) is 5.82 Å². The first-order valence-electron chi connectivity index (χ1n) is 8.89. The molecule has 1 aliphatic heterocycles. The van der Waals surface area contributed by atoms with Gasteiger partial charge in [-0.3, -0.25) is 9.69 Å². The van der Waals surface area contributed by atoms with Crippen LogP contribution in [0.15, 0.2) is 30.5 Å². The fourth-order valence-electron chi connectivity index (χ4n) is 2.88. The summed E-state index contributed by atoms with van der Waals surface area (Å²) in [7, 11) is 0. The number of hydrogen-bond donors (Lipinski definition) is 1. The van der Waals surface area contributed by atoms with Gasteiger partial charge in [-0.25, -0.2) is 9.07 Å². The highest BCUT2D eigenvalue weighted by Crippen LogP contribution is 2.17. The van der Waals surface area contributed by atoms with Gasteiger partial charge in [0.25, 0.3) is 5.91 Å². The summed E-state index contributed by atoms with van der Waals surface area (Å²) in [5.41, 5.74) is 1.18. The lowest BCUT2D eigenvalue weighted by Gasteiger charge is -2.26. The quantitative estimate of drug-likeness (QED) is 0.757. The van der Waals surface area contributed by atoms with Gasteiger partial charge in [-0.15, -0.1) is 5.10 Å². The largest absolute Gasteiger partial charge is 0.379 e. The zero-order chi connectivity index (χ0) is 18.4. The van der Waals surface area contributed by atoms with Gasteiger partial charge in [-0.1, -0.05) is 17.3 Å². The number of carbonyl (C=O) groups is 1. The van der Waals surface area contributed by atoms with Crippen LogP contribution in [-0.4, -0.2) is 65.2 Å². The van der Waals surface area contributed by atoms with Crippen molar-refractivity contribution in [2.75, 3.05) is 39.4 Å². The van der Waals surface area contributed by atoms with Gasteiger partial charge in [-0.05, 0) is 37.6 Å². The minimum absolute atomic E-state index is 0.133. The fraction of sp³-hybridized carbons (Fsp3) is 0.500. The van der Waals surface area contributed by atoms with Gasteiger partial charge in [-0.2, -0.15) is 0 Å². The number of benzene rings is 1. The first kappa shape index (κ1) is 18.5. The van der Waals surface area contributed by atoms with Crippen LogP contribution in [0.5, 0.6) is 0 Å². The van der Waals surface area contributed by atoms with Crippen molar-refractivity contribution < 1.29 is 13.9 Å². The summed E-state index contributed by atoms with van der Waals surface area (Å²) in [6.45, 7) is 6.91. The second kappa shape index (κ2) is 8.86. The van der Waals surface area contributed by atoms with Crippen molar-refractivity contribution in [1.82, 2.24) is 25.2 Å². The molecular weight excluding hydrogens is 337 g/mol. The van der Waals surface area contributed by atoms with Crippen LogP contribution in [0.25, 0.3) is 0 Å². The zero-order valence-electron chi connectivity index (χ0n) is 14.9. The monoisotopic (exact) mass is 361 g/mol. The van der Waals surface area contributed by atoms with Gasteiger partial charge in [0.2, 0.25) is 0 Å². The molecule has 1 atom stereocenters. The third kappa shape index (κ3) is 4.86. The Morgan fingerprint density at radius 1 is 1.31 bits per heavy atom. The molecule has 1 N–H and O–H groups in total. The molecule has 7 nitrogen and oxygen atoms in total. The summed E-state index contributed by atoms with van der Waals surface area (Å²) in [4.78, 5) is 14.5. The summed E-state index contributed by atoms with van der Waals surface area (Å²) < 4.78 is 20.0. The maximum Gasteiger partial charge on any atom is 0.273 e. The minimum Gasteiger partial charge on any atom is -0.379 e. The Balaban J connectivity index is 1.47.